The first-order valence-corrected chi connectivity index (χ1v) is 12.6. The molecule has 3 N–H and O–H groups in total. The fourth-order valence-corrected chi connectivity index (χ4v) is 4.90. The van der Waals surface area contributed by atoms with Crippen molar-refractivity contribution in [1.82, 2.24) is 25.5 Å². The summed E-state index contributed by atoms with van der Waals surface area (Å²) in [5.41, 5.74) is 5.41. The van der Waals surface area contributed by atoms with Gasteiger partial charge in [-0.2, -0.15) is 10.6 Å². The molecule has 0 saturated carbocycles. The minimum absolute atomic E-state index is 0.269. The minimum atomic E-state index is -2.87. The second-order valence-electron chi connectivity index (χ2n) is 8.45. The number of rotatable bonds is 7. The van der Waals surface area contributed by atoms with Crippen LogP contribution in [0.2, 0.25) is 0 Å². The van der Waals surface area contributed by atoms with Crippen LogP contribution in [0.3, 0.4) is 0 Å². The zero-order valence-corrected chi connectivity index (χ0v) is 20.7. The van der Waals surface area contributed by atoms with Gasteiger partial charge in [0.05, 0.1) is 22.5 Å². The topological polar surface area (TPSA) is 117 Å². The highest BCUT2D eigenvalue weighted by molar-refractivity contribution is 8.24. The lowest BCUT2D eigenvalue weighted by Gasteiger charge is -2.37. The zero-order chi connectivity index (χ0) is 24.5. The molecule has 0 radical (unpaired) electrons. The minimum Gasteiger partial charge on any atom is -0.415 e. The lowest BCUT2D eigenvalue weighted by atomic mass is 10.1. The highest BCUT2D eigenvalue weighted by Crippen LogP contribution is 2.53. The Labute approximate surface area is 200 Å². The second kappa shape index (κ2) is 9.63. The van der Waals surface area contributed by atoms with Crippen LogP contribution in [0, 0.1) is 13.8 Å². The Morgan fingerprint density at radius 3 is 2.29 bits per heavy atom. The second-order valence-corrected chi connectivity index (χ2v) is 11.0. The largest absolute Gasteiger partial charge is 0.415 e. The van der Waals surface area contributed by atoms with E-state index < -0.39 is 10.6 Å². The highest BCUT2D eigenvalue weighted by atomic mass is 32.3. The smallest absolute Gasteiger partial charge is 0.268 e. The molecule has 2 aromatic carbocycles. The molecule has 9 heteroatoms. The van der Waals surface area contributed by atoms with Crippen molar-refractivity contribution >= 4 is 10.6 Å². The Bertz CT molecular complexity index is 1300. The first-order chi connectivity index (χ1) is 16.2. The van der Waals surface area contributed by atoms with Gasteiger partial charge in [0.15, 0.2) is 0 Å². The fourth-order valence-electron chi connectivity index (χ4n) is 3.60. The number of aryl methyl sites for hydroxylation is 2. The number of aromatic nitrogens is 4. The lowest BCUT2D eigenvalue weighted by molar-refractivity contribution is 0.476. The predicted octanol–water partition coefficient (Wildman–Crippen LogP) is 5.71. The molecule has 0 atom stereocenters. The summed E-state index contributed by atoms with van der Waals surface area (Å²) in [6.07, 6.45) is 1.69. The molecule has 0 spiro atoms. The zero-order valence-electron chi connectivity index (χ0n) is 19.9. The van der Waals surface area contributed by atoms with Gasteiger partial charge in [-0.3, -0.25) is 14.1 Å². The molecule has 0 unspecified atom stereocenters. The third-order valence-electron chi connectivity index (χ3n) is 5.62. The van der Waals surface area contributed by atoms with Gasteiger partial charge >= 0.3 is 0 Å². The number of hydrogen-bond donors (Lipinski definition) is 3. The molecule has 0 aliphatic heterocycles. The SMILES string of the molecule is CNCc1ccc(-c2nnc(-c3nc(-c4ccc(S(O)(O)C(C)C)c(C)c4)cnc3C)o2)cc1. The first kappa shape index (κ1) is 24.0. The molecule has 0 fully saturated rings. The summed E-state index contributed by atoms with van der Waals surface area (Å²) >= 11 is 0. The standard InChI is InChI=1S/C25H29N5O3S/c1-15(2)34(31,32)22-11-10-20(12-16(22)3)21-14-27-17(4)23(28-21)25-30-29-24(33-25)19-8-6-18(7-9-19)13-26-5/h6-12,14-15,26,31-32H,13H2,1-5H3. The van der Waals surface area contributed by atoms with Crippen LogP contribution >= 0.6 is 10.6 Å². The monoisotopic (exact) mass is 479 g/mol. The molecule has 34 heavy (non-hydrogen) atoms. The summed E-state index contributed by atoms with van der Waals surface area (Å²) in [6, 6.07) is 13.4. The fraction of sp³-hybridized carbons (Fsp3) is 0.280. The number of nitrogens with zero attached hydrogens (tertiary/aromatic N) is 4. The van der Waals surface area contributed by atoms with E-state index in [1.54, 1.807) is 26.1 Å². The van der Waals surface area contributed by atoms with Gasteiger partial charge < -0.3 is 9.73 Å². The van der Waals surface area contributed by atoms with Crippen LogP contribution in [-0.4, -0.2) is 41.6 Å². The van der Waals surface area contributed by atoms with Crippen molar-refractivity contribution in [2.45, 2.75) is 44.4 Å². The molecule has 0 saturated heterocycles. The van der Waals surface area contributed by atoms with E-state index in [1.807, 2.05) is 57.3 Å². The Morgan fingerprint density at radius 1 is 0.971 bits per heavy atom. The quantitative estimate of drug-likeness (QED) is 0.308. The summed E-state index contributed by atoms with van der Waals surface area (Å²) in [6.45, 7) is 8.10. The maximum Gasteiger partial charge on any atom is 0.268 e. The third-order valence-corrected chi connectivity index (χ3v) is 8.04. The number of benzene rings is 2. The first-order valence-electron chi connectivity index (χ1n) is 11.0. The van der Waals surface area contributed by atoms with E-state index in [0.717, 1.165) is 28.8 Å². The molecule has 0 aliphatic carbocycles. The Balaban J connectivity index is 1.65. The van der Waals surface area contributed by atoms with Gasteiger partial charge in [-0.05, 0) is 70.1 Å². The molecule has 2 heterocycles. The Kier molecular flexibility index (Phi) is 6.81. The van der Waals surface area contributed by atoms with E-state index in [-0.39, 0.29) is 5.25 Å². The predicted molar refractivity (Wildman–Crippen MR) is 135 cm³/mol. The van der Waals surface area contributed by atoms with Crippen molar-refractivity contribution in [3.8, 4) is 34.3 Å². The van der Waals surface area contributed by atoms with Crippen LogP contribution < -0.4 is 5.32 Å². The molecular formula is C25H29N5O3S. The van der Waals surface area contributed by atoms with Crippen molar-refractivity contribution in [2.24, 2.45) is 0 Å². The lowest BCUT2D eigenvalue weighted by Crippen LogP contribution is -2.11. The molecule has 4 rings (SSSR count). The Morgan fingerprint density at radius 2 is 1.65 bits per heavy atom. The molecular weight excluding hydrogens is 450 g/mol. The number of hydrogen-bond acceptors (Lipinski definition) is 8. The van der Waals surface area contributed by atoms with Gasteiger partial charge in [0.2, 0.25) is 5.89 Å². The van der Waals surface area contributed by atoms with Crippen molar-refractivity contribution in [3.63, 3.8) is 0 Å². The maximum atomic E-state index is 10.6. The van der Waals surface area contributed by atoms with Gasteiger partial charge in [-0.1, -0.05) is 18.2 Å². The summed E-state index contributed by atoms with van der Waals surface area (Å²) in [5.74, 6) is 0.708. The van der Waals surface area contributed by atoms with E-state index in [2.05, 4.69) is 20.5 Å². The van der Waals surface area contributed by atoms with Gasteiger partial charge in [0.1, 0.15) is 5.69 Å². The van der Waals surface area contributed by atoms with Crippen LogP contribution in [0.15, 0.2) is 58.0 Å². The van der Waals surface area contributed by atoms with Gasteiger partial charge in [0.25, 0.3) is 5.89 Å². The highest BCUT2D eigenvalue weighted by Gasteiger charge is 2.23. The third kappa shape index (κ3) is 4.74. The molecule has 178 valence electrons. The van der Waals surface area contributed by atoms with Crippen LogP contribution in [0.5, 0.6) is 0 Å². The van der Waals surface area contributed by atoms with E-state index >= 15 is 0 Å². The van der Waals surface area contributed by atoms with Crippen LogP contribution in [0.1, 0.15) is 30.7 Å². The van der Waals surface area contributed by atoms with Crippen molar-refractivity contribution < 1.29 is 13.5 Å². The van der Waals surface area contributed by atoms with Crippen molar-refractivity contribution in [3.05, 3.63) is 65.5 Å². The molecule has 0 amide bonds. The van der Waals surface area contributed by atoms with Gasteiger partial charge in [0, 0.05) is 22.9 Å². The van der Waals surface area contributed by atoms with E-state index in [1.165, 1.54) is 0 Å². The number of nitrogens with one attached hydrogen (secondary N) is 1. The summed E-state index contributed by atoms with van der Waals surface area (Å²) in [4.78, 5) is 9.78. The van der Waals surface area contributed by atoms with E-state index in [9.17, 15) is 9.11 Å². The average Bonchev–Trinajstić information content (AvgIpc) is 3.30. The van der Waals surface area contributed by atoms with Crippen LogP contribution in [-0.2, 0) is 6.54 Å². The summed E-state index contributed by atoms with van der Waals surface area (Å²) in [7, 11) is -0.960. The maximum absolute atomic E-state index is 10.6. The molecule has 0 aliphatic rings. The van der Waals surface area contributed by atoms with E-state index in [4.69, 9.17) is 9.40 Å². The van der Waals surface area contributed by atoms with Crippen molar-refractivity contribution in [2.75, 3.05) is 7.05 Å². The molecule has 0 bridgehead atoms. The van der Waals surface area contributed by atoms with Gasteiger partial charge in [-0.15, -0.1) is 10.2 Å². The molecule has 4 aromatic rings. The molecule has 8 nitrogen and oxygen atoms in total. The summed E-state index contributed by atoms with van der Waals surface area (Å²) < 4.78 is 27.0. The van der Waals surface area contributed by atoms with E-state index in [0.29, 0.717) is 33.8 Å². The van der Waals surface area contributed by atoms with Crippen molar-refractivity contribution in [1.29, 1.82) is 0 Å². The normalized spacial score (nSPS) is 12.4. The Hall–Kier alpha value is -3.11. The average molecular weight is 480 g/mol. The molecule has 2 aromatic heterocycles. The summed E-state index contributed by atoms with van der Waals surface area (Å²) in [5, 5.41) is 11.3. The van der Waals surface area contributed by atoms with Crippen LogP contribution in [0.4, 0.5) is 0 Å². The van der Waals surface area contributed by atoms with Crippen LogP contribution in [0.25, 0.3) is 34.3 Å². The van der Waals surface area contributed by atoms with Gasteiger partial charge in [-0.25, -0.2) is 4.98 Å².